The normalized spacial score (nSPS) is 11.1. The summed E-state index contributed by atoms with van der Waals surface area (Å²) in [5, 5.41) is 15.0. The topological polar surface area (TPSA) is 88.0 Å². The van der Waals surface area contributed by atoms with Crippen molar-refractivity contribution in [2.45, 2.75) is 25.0 Å². The highest BCUT2D eigenvalue weighted by atomic mass is 32.2. The summed E-state index contributed by atoms with van der Waals surface area (Å²) in [6.45, 7) is 2.40. The van der Waals surface area contributed by atoms with Crippen molar-refractivity contribution in [1.29, 1.82) is 0 Å². The van der Waals surface area contributed by atoms with Crippen LogP contribution in [0.4, 0.5) is 0 Å². The third-order valence-electron chi connectivity index (χ3n) is 1.80. The molecule has 1 rings (SSSR count). The van der Waals surface area contributed by atoms with Crippen LogP contribution in [0.5, 0.6) is 0 Å². The predicted molar refractivity (Wildman–Crippen MR) is 60.6 cm³/mol. The van der Waals surface area contributed by atoms with Crippen LogP contribution in [0.15, 0.2) is 22.1 Å². The molecule has 0 fully saturated rings. The SMILES string of the molecule is C/C=C/CCn1c(SCC(=O)O)n[nH]c1=O. The van der Waals surface area contributed by atoms with Gasteiger partial charge in [-0.25, -0.2) is 9.89 Å². The number of carbonyl (C=O) groups is 1. The molecule has 1 aromatic heterocycles. The van der Waals surface area contributed by atoms with Gasteiger partial charge < -0.3 is 5.11 Å². The van der Waals surface area contributed by atoms with E-state index in [4.69, 9.17) is 5.11 Å². The number of thioether (sulfide) groups is 1. The van der Waals surface area contributed by atoms with Crippen LogP contribution >= 0.6 is 11.8 Å². The van der Waals surface area contributed by atoms with Gasteiger partial charge in [0.1, 0.15) is 0 Å². The van der Waals surface area contributed by atoms with Crippen molar-refractivity contribution in [3.63, 3.8) is 0 Å². The molecule has 0 aliphatic heterocycles. The summed E-state index contributed by atoms with van der Waals surface area (Å²) in [5.74, 6) is -1.03. The molecular weight excluding hydrogens is 230 g/mol. The molecule has 7 heteroatoms. The second-order valence-electron chi connectivity index (χ2n) is 3.00. The van der Waals surface area contributed by atoms with Gasteiger partial charge >= 0.3 is 11.7 Å². The molecule has 0 aliphatic carbocycles. The lowest BCUT2D eigenvalue weighted by Gasteiger charge is -2.01. The van der Waals surface area contributed by atoms with Crippen molar-refractivity contribution < 1.29 is 9.90 Å². The Hall–Kier alpha value is -1.50. The van der Waals surface area contributed by atoms with Crippen molar-refractivity contribution in [3.05, 3.63) is 22.6 Å². The summed E-state index contributed by atoms with van der Waals surface area (Å²) in [4.78, 5) is 21.7. The average Bonchev–Trinajstić information content (AvgIpc) is 2.58. The van der Waals surface area contributed by atoms with Gasteiger partial charge in [0, 0.05) is 6.54 Å². The molecule has 0 bridgehead atoms. The van der Waals surface area contributed by atoms with Crippen molar-refractivity contribution in [2.75, 3.05) is 5.75 Å². The molecule has 0 spiro atoms. The summed E-state index contributed by atoms with van der Waals surface area (Å²) in [5.41, 5.74) is -0.308. The van der Waals surface area contributed by atoms with E-state index in [1.807, 2.05) is 19.1 Å². The van der Waals surface area contributed by atoms with E-state index in [9.17, 15) is 9.59 Å². The number of nitrogens with one attached hydrogen (secondary N) is 1. The number of hydrogen-bond acceptors (Lipinski definition) is 4. The number of aliphatic carboxylic acids is 1. The molecule has 0 unspecified atom stereocenters. The van der Waals surface area contributed by atoms with Crippen molar-refractivity contribution in [2.24, 2.45) is 0 Å². The van der Waals surface area contributed by atoms with Crippen LogP contribution in [0.3, 0.4) is 0 Å². The minimum atomic E-state index is -0.930. The van der Waals surface area contributed by atoms with Gasteiger partial charge in [-0.1, -0.05) is 23.9 Å². The van der Waals surface area contributed by atoms with E-state index >= 15 is 0 Å². The van der Waals surface area contributed by atoms with Gasteiger partial charge in [0.15, 0.2) is 5.16 Å². The zero-order valence-electron chi connectivity index (χ0n) is 8.84. The van der Waals surface area contributed by atoms with Gasteiger partial charge in [-0.3, -0.25) is 9.36 Å². The first kappa shape index (κ1) is 12.6. The Labute approximate surface area is 96.4 Å². The number of rotatable bonds is 6. The van der Waals surface area contributed by atoms with Gasteiger partial charge in [0.25, 0.3) is 0 Å². The molecule has 1 aromatic rings. The molecule has 16 heavy (non-hydrogen) atoms. The first-order chi connectivity index (χ1) is 7.65. The molecular formula is C9H13N3O3S. The van der Waals surface area contributed by atoms with Crippen LogP contribution < -0.4 is 5.69 Å². The maximum absolute atomic E-state index is 11.3. The number of nitrogens with zero attached hydrogens (tertiary/aromatic N) is 2. The van der Waals surface area contributed by atoms with Crippen LogP contribution in [0.2, 0.25) is 0 Å². The minimum Gasteiger partial charge on any atom is -0.481 e. The Kier molecular flexibility index (Phi) is 4.84. The summed E-state index contributed by atoms with van der Waals surface area (Å²) in [7, 11) is 0. The summed E-state index contributed by atoms with van der Waals surface area (Å²) in [6, 6.07) is 0. The van der Waals surface area contributed by atoms with E-state index in [0.717, 1.165) is 18.2 Å². The fourth-order valence-electron chi connectivity index (χ4n) is 1.11. The lowest BCUT2D eigenvalue weighted by atomic mass is 10.4. The Balaban J connectivity index is 2.69. The quantitative estimate of drug-likeness (QED) is 0.567. The lowest BCUT2D eigenvalue weighted by molar-refractivity contribution is -0.133. The van der Waals surface area contributed by atoms with Gasteiger partial charge in [0.2, 0.25) is 0 Å². The number of carboxylic acids is 1. The predicted octanol–water partition coefficient (Wildman–Crippen LogP) is 0.714. The fraction of sp³-hybridized carbons (Fsp3) is 0.444. The van der Waals surface area contributed by atoms with Crippen molar-refractivity contribution >= 4 is 17.7 Å². The summed E-state index contributed by atoms with van der Waals surface area (Å²) < 4.78 is 1.44. The molecule has 0 saturated carbocycles. The van der Waals surface area contributed by atoms with Gasteiger partial charge in [-0.05, 0) is 13.3 Å². The van der Waals surface area contributed by atoms with E-state index < -0.39 is 5.97 Å². The molecule has 0 amide bonds. The largest absolute Gasteiger partial charge is 0.481 e. The Morgan fingerprint density at radius 1 is 1.69 bits per heavy atom. The van der Waals surface area contributed by atoms with Crippen molar-refractivity contribution in [3.8, 4) is 0 Å². The molecule has 0 aliphatic rings. The second-order valence-corrected chi connectivity index (χ2v) is 3.95. The zero-order valence-corrected chi connectivity index (χ0v) is 9.66. The Morgan fingerprint density at radius 3 is 3.06 bits per heavy atom. The fourth-order valence-corrected chi connectivity index (χ4v) is 1.80. The number of aromatic nitrogens is 3. The molecule has 1 heterocycles. The Bertz CT molecular complexity index is 435. The smallest absolute Gasteiger partial charge is 0.343 e. The molecule has 0 atom stereocenters. The number of allylic oxidation sites excluding steroid dienone is 2. The van der Waals surface area contributed by atoms with Gasteiger partial charge in [-0.2, -0.15) is 0 Å². The molecule has 0 aromatic carbocycles. The Morgan fingerprint density at radius 2 is 2.44 bits per heavy atom. The monoisotopic (exact) mass is 243 g/mol. The van der Waals surface area contributed by atoms with Crippen LogP contribution in [0, 0.1) is 0 Å². The van der Waals surface area contributed by atoms with Crippen LogP contribution in [-0.4, -0.2) is 31.6 Å². The maximum Gasteiger partial charge on any atom is 0.343 e. The molecule has 2 N–H and O–H groups in total. The minimum absolute atomic E-state index is 0.103. The van der Waals surface area contributed by atoms with Gasteiger partial charge in [-0.15, -0.1) is 5.10 Å². The number of carboxylic acid groups (broad SMARTS) is 1. The highest BCUT2D eigenvalue weighted by molar-refractivity contribution is 7.99. The third kappa shape index (κ3) is 3.58. The van der Waals surface area contributed by atoms with E-state index in [1.54, 1.807) is 0 Å². The zero-order chi connectivity index (χ0) is 12.0. The van der Waals surface area contributed by atoms with Crippen LogP contribution in [-0.2, 0) is 11.3 Å². The number of aromatic amines is 1. The lowest BCUT2D eigenvalue weighted by Crippen LogP contribution is -2.17. The number of H-pyrrole nitrogens is 1. The van der Waals surface area contributed by atoms with E-state index in [-0.39, 0.29) is 11.4 Å². The molecule has 0 saturated heterocycles. The first-order valence-corrected chi connectivity index (χ1v) is 5.74. The van der Waals surface area contributed by atoms with E-state index in [2.05, 4.69) is 10.2 Å². The maximum atomic E-state index is 11.3. The molecule has 0 radical (unpaired) electrons. The first-order valence-electron chi connectivity index (χ1n) is 4.76. The van der Waals surface area contributed by atoms with Crippen molar-refractivity contribution in [1.82, 2.24) is 14.8 Å². The standard InChI is InChI=1S/C9H13N3O3S/c1-2-3-4-5-12-8(15)10-11-9(12)16-6-7(13)14/h2-3H,4-6H2,1H3,(H,10,15)(H,13,14)/b3-2+. The molecule has 88 valence electrons. The average molecular weight is 243 g/mol. The van der Waals surface area contributed by atoms with E-state index in [0.29, 0.717) is 11.7 Å². The molecule has 6 nitrogen and oxygen atoms in total. The summed E-state index contributed by atoms with van der Waals surface area (Å²) in [6.07, 6.45) is 4.55. The highest BCUT2D eigenvalue weighted by Gasteiger charge is 2.09. The second kappa shape index (κ2) is 6.16. The highest BCUT2D eigenvalue weighted by Crippen LogP contribution is 2.12. The van der Waals surface area contributed by atoms with Crippen LogP contribution in [0.25, 0.3) is 0 Å². The van der Waals surface area contributed by atoms with Crippen LogP contribution in [0.1, 0.15) is 13.3 Å². The third-order valence-corrected chi connectivity index (χ3v) is 2.76. The van der Waals surface area contributed by atoms with E-state index in [1.165, 1.54) is 4.57 Å². The number of hydrogen-bond donors (Lipinski definition) is 2. The van der Waals surface area contributed by atoms with Gasteiger partial charge in [0.05, 0.1) is 5.75 Å². The summed E-state index contributed by atoms with van der Waals surface area (Å²) >= 11 is 1.03.